The van der Waals surface area contributed by atoms with E-state index < -0.39 is 5.91 Å². The number of aromatic hydroxyl groups is 2. The summed E-state index contributed by atoms with van der Waals surface area (Å²) in [5, 5.41) is 22.6. The van der Waals surface area contributed by atoms with E-state index in [1.807, 2.05) is 0 Å². The summed E-state index contributed by atoms with van der Waals surface area (Å²) in [6.45, 7) is 0. The fourth-order valence-corrected chi connectivity index (χ4v) is 1.47. The number of phenols is 2. The highest BCUT2D eigenvalue weighted by Crippen LogP contribution is 2.35. The summed E-state index contributed by atoms with van der Waals surface area (Å²) in [5.41, 5.74) is 2.70. The predicted octanol–water partition coefficient (Wildman–Crippen LogP) is 1.46. The minimum Gasteiger partial charge on any atom is -0.504 e. The largest absolute Gasteiger partial charge is 0.504 e. The molecule has 0 bridgehead atoms. The van der Waals surface area contributed by atoms with Crippen molar-refractivity contribution in [1.82, 2.24) is 5.43 Å². The van der Waals surface area contributed by atoms with Gasteiger partial charge in [-0.3, -0.25) is 4.79 Å². The molecule has 0 fully saturated rings. The van der Waals surface area contributed by atoms with E-state index in [1.54, 1.807) is 6.07 Å². The van der Waals surface area contributed by atoms with Crippen molar-refractivity contribution in [3.63, 3.8) is 0 Å². The molecule has 7 heteroatoms. The van der Waals surface area contributed by atoms with Gasteiger partial charge in [0.1, 0.15) is 0 Å². The zero-order valence-corrected chi connectivity index (χ0v) is 10.5. The number of nitrogens with one attached hydrogen (secondary N) is 1. The Morgan fingerprint density at radius 2 is 2.25 bits per heavy atom. The first-order valence-corrected chi connectivity index (χ1v) is 5.58. The monoisotopic (exact) mass is 276 g/mol. The van der Waals surface area contributed by atoms with Gasteiger partial charge in [0, 0.05) is 5.56 Å². The third kappa shape index (κ3) is 2.89. The number of furan rings is 1. The predicted molar refractivity (Wildman–Crippen MR) is 70.1 cm³/mol. The quantitative estimate of drug-likeness (QED) is 0.445. The van der Waals surface area contributed by atoms with Gasteiger partial charge in [-0.15, -0.1) is 0 Å². The van der Waals surface area contributed by atoms with Crippen LogP contribution in [-0.4, -0.2) is 29.4 Å². The van der Waals surface area contributed by atoms with Gasteiger partial charge in [-0.25, -0.2) is 5.43 Å². The highest BCUT2D eigenvalue weighted by atomic mass is 16.5. The van der Waals surface area contributed by atoms with Crippen molar-refractivity contribution in [3.8, 4) is 17.2 Å². The number of hydrogen-bond donors (Lipinski definition) is 3. The zero-order valence-electron chi connectivity index (χ0n) is 10.5. The van der Waals surface area contributed by atoms with Crippen molar-refractivity contribution >= 4 is 12.1 Å². The number of hydrazone groups is 1. The summed E-state index contributed by atoms with van der Waals surface area (Å²) in [6.07, 6.45) is 2.67. The minimum absolute atomic E-state index is 0.101. The maximum Gasteiger partial charge on any atom is 0.307 e. The summed E-state index contributed by atoms with van der Waals surface area (Å²) in [5.74, 6) is -0.967. The van der Waals surface area contributed by atoms with Crippen LogP contribution < -0.4 is 10.2 Å². The molecule has 0 saturated heterocycles. The van der Waals surface area contributed by atoms with Crippen molar-refractivity contribution in [3.05, 3.63) is 41.9 Å². The van der Waals surface area contributed by atoms with Crippen LogP contribution in [0, 0.1) is 0 Å². The van der Waals surface area contributed by atoms with E-state index in [4.69, 9.17) is 9.15 Å². The van der Waals surface area contributed by atoms with Crippen LogP contribution in [0.15, 0.2) is 40.0 Å². The van der Waals surface area contributed by atoms with Crippen LogP contribution in [0.2, 0.25) is 0 Å². The number of carbonyl (C=O) groups is 1. The highest BCUT2D eigenvalue weighted by Gasteiger charge is 2.09. The molecule has 0 saturated carbocycles. The minimum atomic E-state index is -0.499. The Morgan fingerprint density at radius 1 is 1.45 bits per heavy atom. The molecule has 0 aliphatic heterocycles. The molecular formula is C13H12N2O5. The Bertz CT molecular complexity index is 634. The van der Waals surface area contributed by atoms with Crippen LogP contribution in [0.5, 0.6) is 17.2 Å². The van der Waals surface area contributed by atoms with E-state index in [2.05, 4.69) is 10.5 Å². The molecule has 1 aromatic carbocycles. The smallest absolute Gasteiger partial charge is 0.307 e. The van der Waals surface area contributed by atoms with Crippen LogP contribution in [0.1, 0.15) is 16.1 Å². The lowest BCUT2D eigenvalue weighted by molar-refractivity contribution is 0.0927. The van der Waals surface area contributed by atoms with Gasteiger partial charge in [0.2, 0.25) is 5.75 Å². The molecule has 104 valence electrons. The second-order valence-corrected chi connectivity index (χ2v) is 3.77. The van der Waals surface area contributed by atoms with Crippen LogP contribution in [0.25, 0.3) is 0 Å². The van der Waals surface area contributed by atoms with Crippen molar-refractivity contribution in [1.29, 1.82) is 0 Å². The first kappa shape index (κ1) is 13.5. The number of ether oxygens (including phenoxy) is 1. The average Bonchev–Trinajstić information content (AvgIpc) is 2.96. The molecule has 0 aliphatic rings. The third-order valence-corrected chi connectivity index (χ3v) is 2.42. The van der Waals surface area contributed by atoms with Gasteiger partial charge >= 0.3 is 5.91 Å². The van der Waals surface area contributed by atoms with Gasteiger partial charge in [0.25, 0.3) is 0 Å². The van der Waals surface area contributed by atoms with Crippen molar-refractivity contribution in [2.45, 2.75) is 0 Å². The summed E-state index contributed by atoms with van der Waals surface area (Å²) >= 11 is 0. The number of rotatable bonds is 4. The van der Waals surface area contributed by atoms with Crippen molar-refractivity contribution < 1.29 is 24.2 Å². The topological polar surface area (TPSA) is 104 Å². The van der Waals surface area contributed by atoms with Gasteiger partial charge in [-0.05, 0) is 24.3 Å². The molecule has 1 heterocycles. The Hall–Kier alpha value is -2.96. The molecule has 0 radical (unpaired) electrons. The molecule has 0 spiro atoms. The maximum atomic E-state index is 11.5. The molecule has 1 amide bonds. The van der Waals surface area contributed by atoms with E-state index in [0.717, 1.165) is 0 Å². The van der Waals surface area contributed by atoms with Gasteiger partial charge in [-0.1, -0.05) is 0 Å². The van der Waals surface area contributed by atoms with Crippen LogP contribution in [-0.2, 0) is 0 Å². The van der Waals surface area contributed by atoms with Crippen LogP contribution >= 0.6 is 0 Å². The summed E-state index contributed by atoms with van der Waals surface area (Å²) < 4.78 is 9.77. The molecule has 20 heavy (non-hydrogen) atoms. The van der Waals surface area contributed by atoms with Gasteiger partial charge in [0.05, 0.1) is 19.6 Å². The fraction of sp³-hybridized carbons (Fsp3) is 0.0769. The van der Waals surface area contributed by atoms with E-state index in [9.17, 15) is 15.0 Å². The molecular weight excluding hydrogens is 264 g/mol. The number of benzene rings is 1. The number of phenolic OH excluding ortho intramolecular Hbond substituents is 2. The second-order valence-electron chi connectivity index (χ2n) is 3.77. The molecule has 2 aromatic rings. The standard InChI is InChI=1S/C13H12N2O5/c1-19-11-6-8(5-9(16)12(11)17)7-14-15-13(18)10-3-2-4-20-10/h2-7,16-17H,1H3,(H,15,18)/b14-7+. The van der Waals surface area contributed by atoms with E-state index in [0.29, 0.717) is 5.56 Å². The number of hydrogen-bond acceptors (Lipinski definition) is 6. The molecule has 2 rings (SSSR count). The summed E-state index contributed by atoms with van der Waals surface area (Å²) in [7, 11) is 1.36. The van der Waals surface area contributed by atoms with Crippen molar-refractivity contribution in [2.24, 2.45) is 5.10 Å². The molecule has 1 aromatic heterocycles. The molecule has 7 nitrogen and oxygen atoms in total. The van der Waals surface area contributed by atoms with Crippen LogP contribution in [0.3, 0.4) is 0 Å². The SMILES string of the molecule is COc1cc(/C=N/NC(=O)c2ccco2)cc(O)c1O. The Kier molecular flexibility index (Phi) is 3.90. The lowest BCUT2D eigenvalue weighted by Gasteiger charge is -2.05. The Labute approximate surface area is 114 Å². The Balaban J connectivity index is 2.08. The number of methoxy groups -OCH3 is 1. The Morgan fingerprint density at radius 3 is 2.90 bits per heavy atom. The summed E-state index contributed by atoms with van der Waals surface area (Å²) in [6, 6.07) is 5.82. The van der Waals surface area contributed by atoms with E-state index >= 15 is 0 Å². The molecule has 3 N–H and O–H groups in total. The number of nitrogens with zero attached hydrogens (tertiary/aromatic N) is 1. The lowest BCUT2D eigenvalue weighted by Crippen LogP contribution is -2.16. The normalized spacial score (nSPS) is 10.7. The lowest BCUT2D eigenvalue weighted by atomic mass is 10.2. The molecule has 0 unspecified atom stereocenters. The van der Waals surface area contributed by atoms with Gasteiger partial charge in [0.15, 0.2) is 17.3 Å². The molecule has 0 aliphatic carbocycles. The summed E-state index contributed by atoms with van der Waals surface area (Å²) in [4.78, 5) is 11.5. The van der Waals surface area contributed by atoms with E-state index in [-0.39, 0.29) is 23.0 Å². The zero-order chi connectivity index (χ0) is 14.5. The first-order valence-electron chi connectivity index (χ1n) is 5.58. The van der Waals surface area contributed by atoms with Gasteiger partial charge < -0.3 is 19.4 Å². The highest BCUT2D eigenvalue weighted by molar-refractivity contribution is 5.92. The van der Waals surface area contributed by atoms with E-state index in [1.165, 1.54) is 37.8 Å². The second kappa shape index (κ2) is 5.79. The number of amides is 1. The fourth-order valence-electron chi connectivity index (χ4n) is 1.47. The first-order chi connectivity index (χ1) is 9.61. The average molecular weight is 276 g/mol. The van der Waals surface area contributed by atoms with Crippen LogP contribution in [0.4, 0.5) is 0 Å². The third-order valence-electron chi connectivity index (χ3n) is 2.42. The number of carbonyl (C=O) groups excluding carboxylic acids is 1. The maximum absolute atomic E-state index is 11.5. The molecule has 0 atom stereocenters. The van der Waals surface area contributed by atoms with Gasteiger partial charge in [-0.2, -0.15) is 5.10 Å². The van der Waals surface area contributed by atoms with Crippen molar-refractivity contribution in [2.75, 3.05) is 7.11 Å².